The molecule has 8 nitrogen and oxygen atoms in total. The van der Waals surface area contributed by atoms with E-state index in [-0.39, 0.29) is 69.7 Å². The Kier molecular flexibility index (Phi) is 11.3. The van der Waals surface area contributed by atoms with Gasteiger partial charge in [-0.25, -0.2) is 4.39 Å². The number of allylic oxidation sites excluding steroid dienone is 1. The number of alkyl halides is 1. The minimum Gasteiger partial charge on any atom is -0.481 e. The summed E-state index contributed by atoms with van der Waals surface area (Å²) < 4.78 is 19.9. The van der Waals surface area contributed by atoms with Crippen LogP contribution in [0.2, 0.25) is 0 Å². The number of carboxylic acid groups (broad SMARTS) is 1. The molecule has 1 unspecified atom stereocenters. The molecule has 1 N–H and O–H groups in total. The number of halogens is 1. The molecular weight excluding hydrogens is 804 g/mol. The number of Topliss-reactive ketones (excluding diaryl/α,β-unsaturated/α-hetero) is 1. The Morgan fingerprint density at radius 1 is 0.812 bits per heavy atom. The van der Waals surface area contributed by atoms with Crippen LogP contribution in [0.15, 0.2) is 41.5 Å². The monoisotopic (exact) mass is 883 g/mol. The number of ketones is 1. The van der Waals surface area contributed by atoms with Crippen molar-refractivity contribution < 1.29 is 33.4 Å². The van der Waals surface area contributed by atoms with Gasteiger partial charge in [-0.15, -0.1) is 0 Å². The number of piperidine rings is 1. The first kappa shape index (κ1) is 46.1. The summed E-state index contributed by atoms with van der Waals surface area (Å²) in [5, 5.41) is 11.3. The molecule has 2 aliphatic heterocycles. The van der Waals surface area contributed by atoms with Crippen molar-refractivity contribution in [3.8, 4) is 0 Å². The molecule has 1 amide bonds. The molecule has 0 bridgehead atoms. The average Bonchev–Trinajstić information content (AvgIpc) is 3.83. The second-order valence-corrected chi connectivity index (χ2v) is 24.8. The topological polar surface area (TPSA) is 104 Å². The first-order valence-electron chi connectivity index (χ1n) is 25.5. The molecular formula is C55H79FN2O6. The molecule has 11 atom stereocenters. The summed E-state index contributed by atoms with van der Waals surface area (Å²) in [6.07, 6.45) is 10.4. The number of benzene rings is 1. The van der Waals surface area contributed by atoms with Gasteiger partial charge in [0.15, 0.2) is 5.78 Å². The molecule has 6 aliphatic carbocycles. The maximum atomic E-state index is 15.5. The third-order valence-electron chi connectivity index (χ3n) is 21.5. The Morgan fingerprint density at radius 3 is 2.16 bits per heavy atom. The van der Waals surface area contributed by atoms with E-state index in [0.717, 1.165) is 95.1 Å². The summed E-state index contributed by atoms with van der Waals surface area (Å²) in [5.41, 5.74) is 0.0848. The zero-order valence-electron chi connectivity index (χ0n) is 40.7. The SMILES string of the molecule is CC(C)C1=C2[C@H]3CC[C@@H]4[C@]5(C)CC[C@H]([C@@]6(C(=O)O)C[C@@H](C(=O)OCc7ccccc7)C6(C)C)C(C)(C)[C@H]5CC[C@@]4(C)[C@]3(C)CC[C@@]2(C(=O)N2CCCC2CN2CCC(F)CC2)CC1=O. The molecule has 8 aliphatic rings. The third-order valence-corrected chi connectivity index (χ3v) is 21.5. The standard InChI is InChI=1S/C55H79FN2O6/c1-34(2)44-40(59)31-54(47(61)58-27-13-16-37(58)32-57-28-21-36(56)22-29-57)26-25-52(8)38(45(44)54)17-18-43-51(7)23-19-42(49(3,4)41(51)20-24-53(43,52)9)55(48(62)63)30-39(50(55,5)6)46(60)64-33-35-14-11-10-12-15-35/h10-12,14-15,34,36-39,41-43H,13,16-33H2,1-9H3,(H,62,63)/t37?,38-,39+,41-,42+,43-,51-,52-,53-,54-,55-/m1/s1. The van der Waals surface area contributed by atoms with Crippen molar-refractivity contribution in [1.82, 2.24) is 9.80 Å². The minimum absolute atomic E-state index is 0.00686. The van der Waals surface area contributed by atoms with Gasteiger partial charge in [0.25, 0.3) is 0 Å². The number of ether oxygens (including phenoxy) is 1. The van der Waals surface area contributed by atoms with Crippen molar-refractivity contribution in [3.05, 3.63) is 47.0 Å². The van der Waals surface area contributed by atoms with E-state index in [1.165, 1.54) is 5.57 Å². The molecule has 0 aromatic heterocycles. The number of hydrogen-bond acceptors (Lipinski definition) is 6. The lowest BCUT2D eigenvalue weighted by molar-refractivity contribution is -0.261. The second kappa shape index (κ2) is 15.8. The molecule has 1 aromatic rings. The lowest BCUT2D eigenvalue weighted by Gasteiger charge is -2.74. The molecule has 7 fully saturated rings. The van der Waals surface area contributed by atoms with Gasteiger partial charge in [-0.1, -0.05) is 92.6 Å². The van der Waals surface area contributed by atoms with Gasteiger partial charge in [0.05, 0.1) is 16.7 Å². The number of carboxylic acids is 1. The van der Waals surface area contributed by atoms with Gasteiger partial charge in [-0.05, 0) is 157 Å². The van der Waals surface area contributed by atoms with Gasteiger partial charge in [0, 0.05) is 38.6 Å². The van der Waals surface area contributed by atoms with E-state index in [0.29, 0.717) is 43.9 Å². The van der Waals surface area contributed by atoms with E-state index in [2.05, 4.69) is 58.3 Å². The van der Waals surface area contributed by atoms with Gasteiger partial charge in [-0.3, -0.25) is 19.2 Å². The van der Waals surface area contributed by atoms with Crippen LogP contribution < -0.4 is 0 Å². The summed E-state index contributed by atoms with van der Waals surface area (Å²) in [6.45, 7) is 23.9. The highest BCUT2D eigenvalue weighted by molar-refractivity contribution is 6.07. The lowest BCUT2D eigenvalue weighted by Crippen LogP contribution is -2.71. The fourth-order valence-corrected chi connectivity index (χ4v) is 18.0. The first-order valence-corrected chi connectivity index (χ1v) is 25.5. The quantitative estimate of drug-likeness (QED) is 0.246. The number of esters is 1. The molecule has 0 radical (unpaired) electrons. The molecule has 2 saturated heterocycles. The van der Waals surface area contributed by atoms with Crippen LogP contribution in [0.25, 0.3) is 0 Å². The number of aliphatic carboxylic acids is 1. The lowest BCUT2D eigenvalue weighted by atomic mass is 9.29. The molecule has 352 valence electrons. The molecule has 2 heterocycles. The van der Waals surface area contributed by atoms with Crippen molar-refractivity contribution in [3.63, 3.8) is 0 Å². The second-order valence-electron chi connectivity index (χ2n) is 24.8. The predicted molar refractivity (Wildman–Crippen MR) is 246 cm³/mol. The van der Waals surface area contributed by atoms with Crippen LogP contribution in [0.3, 0.4) is 0 Å². The highest BCUT2D eigenvalue weighted by atomic mass is 19.1. The van der Waals surface area contributed by atoms with E-state index in [9.17, 15) is 23.9 Å². The molecule has 9 heteroatoms. The summed E-state index contributed by atoms with van der Waals surface area (Å²) in [5.74, 6) is -0.304. The van der Waals surface area contributed by atoms with Gasteiger partial charge in [0.1, 0.15) is 12.8 Å². The number of fused-ring (bicyclic) bond motifs is 7. The van der Waals surface area contributed by atoms with Crippen molar-refractivity contribution in [1.29, 1.82) is 0 Å². The Hall–Kier alpha value is -3.07. The average molecular weight is 883 g/mol. The van der Waals surface area contributed by atoms with Gasteiger partial charge in [-0.2, -0.15) is 0 Å². The summed E-state index contributed by atoms with van der Waals surface area (Å²) >= 11 is 0. The first-order chi connectivity index (χ1) is 30.1. The fraction of sp³-hybridized carbons (Fsp3) is 0.782. The Labute approximate surface area is 383 Å². The Balaban J connectivity index is 0.980. The van der Waals surface area contributed by atoms with Crippen LogP contribution in [0.1, 0.15) is 158 Å². The number of carbonyl (C=O) groups is 4. The number of carbonyl (C=O) groups excluding carboxylic acids is 3. The van der Waals surface area contributed by atoms with Gasteiger partial charge in [0.2, 0.25) is 5.91 Å². The molecule has 1 aromatic carbocycles. The zero-order chi connectivity index (χ0) is 46.0. The van der Waals surface area contributed by atoms with Crippen LogP contribution in [0, 0.1) is 73.4 Å². The highest BCUT2D eigenvalue weighted by Crippen LogP contribution is 2.79. The largest absolute Gasteiger partial charge is 0.481 e. The summed E-state index contributed by atoms with van der Waals surface area (Å²) in [4.78, 5) is 61.9. The fourth-order valence-electron chi connectivity index (χ4n) is 18.0. The van der Waals surface area contributed by atoms with Gasteiger partial charge >= 0.3 is 11.9 Å². The number of hydrogen-bond donors (Lipinski definition) is 1. The van der Waals surface area contributed by atoms with Crippen molar-refractivity contribution in [2.24, 2.45) is 73.4 Å². The number of nitrogens with zero attached hydrogens (tertiary/aromatic N) is 2. The molecule has 9 rings (SSSR count). The minimum atomic E-state index is -1.04. The van der Waals surface area contributed by atoms with Crippen LogP contribution >= 0.6 is 0 Å². The number of likely N-dealkylation sites (tertiary alicyclic amines) is 2. The molecule has 0 spiro atoms. The van der Waals surface area contributed by atoms with Crippen molar-refractivity contribution in [2.75, 3.05) is 26.2 Å². The van der Waals surface area contributed by atoms with Crippen molar-refractivity contribution >= 4 is 23.6 Å². The van der Waals surface area contributed by atoms with E-state index >= 15 is 4.79 Å². The zero-order valence-corrected chi connectivity index (χ0v) is 40.7. The van der Waals surface area contributed by atoms with E-state index in [4.69, 9.17) is 4.74 Å². The molecule has 5 saturated carbocycles. The summed E-state index contributed by atoms with van der Waals surface area (Å²) in [6, 6.07) is 9.78. The normalized spacial score (nSPS) is 41.7. The van der Waals surface area contributed by atoms with Crippen LogP contribution in [-0.2, 0) is 30.5 Å². The van der Waals surface area contributed by atoms with E-state index < -0.39 is 34.3 Å². The van der Waals surface area contributed by atoms with Crippen LogP contribution in [0.4, 0.5) is 4.39 Å². The summed E-state index contributed by atoms with van der Waals surface area (Å²) in [7, 11) is 0. The smallest absolute Gasteiger partial charge is 0.310 e. The number of rotatable bonds is 9. The van der Waals surface area contributed by atoms with E-state index in [1.54, 1.807) is 0 Å². The van der Waals surface area contributed by atoms with Gasteiger partial charge < -0.3 is 19.6 Å². The van der Waals surface area contributed by atoms with E-state index in [1.807, 2.05) is 44.2 Å². The van der Waals surface area contributed by atoms with Crippen LogP contribution in [-0.4, -0.2) is 76.9 Å². The highest BCUT2D eigenvalue weighted by Gasteiger charge is 2.76. The maximum Gasteiger partial charge on any atom is 0.310 e. The molecule has 64 heavy (non-hydrogen) atoms. The third kappa shape index (κ3) is 6.39. The Morgan fingerprint density at radius 2 is 1.50 bits per heavy atom. The predicted octanol–water partition coefficient (Wildman–Crippen LogP) is 10.9. The van der Waals surface area contributed by atoms with Crippen LogP contribution in [0.5, 0.6) is 0 Å². The maximum absolute atomic E-state index is 15.5. The Bertz CT molecular complexity index is 2070. The number of amides is 1. The van der Waals surface area contributed by atoms with Crippen molar-refractivity contribution in [2.45, 2.75) is 171 Å².